The number of carboxylic acid groups (broad SMARTS) is 1. The van der Waals surface area contributed by atoms with Crippen LogP contribution in [-0.4, -0.2) is 22.6 Å². The lowest BCUT2D eigenvalue weighted by Gasteiger charge is -2.24. The highest BCUT2D eigenvalue weighted by Crippen LogP contribution is 2.24. The molecule has 0 saturated carbocycles. The molecule has 0 aromatic heterocycles. The van der Waals surface area contributed by atoms with Crippen molar-refractivity contribution in [3.8, 4) is 0 Å². The molecule has 1 atom stereocenters. The van der Waals surface area contributed by atoms with E-state index < -0.39 is 23.4 Å². The van der Waals surface area contributed by atoms with E-state index in [1.165, 1.54) is 19.1 Å². The third-order valence-corrected chi connectivity index (χ3v) is 3.69. The lowest BCUT2D eigenvalue weighted by molar-refractivity contribution is -0.143. The van der Waals surface area contributed by atoms with E-state index in [0.717, 1.165) is 0 Å². The van der Waals surface area contributed by atoms with Gasteiger partial charge in [-0.1, -0.05) is 6.92 Å². The van der Waals surface area contributed by atoms with Gasteiger partial charge in [0.2, 0.25) is 0 Å². The first kappa shape index (κ1) is 16.4. The number of urea groups is 1. The third kappa shape index (κ3) is 3.69. The average Bonchev–Trinajstić information content (AvgIpc) is 2.35. The van der Waals surface area contributed by atoms with E-state index >= 15 is 0 Å². The predicted molar refractivity (Wildman–Crippen MR) is 77.3 cm³/mol. The first-order valence-electron chi connectivity index (χ1n) is 5.98. The quantitative estimate of drug-likeness (QED) is 0.782. The Morgan fingerprint density at radius 1 is 1.45 bits per heavy atom. The minimum absolute atomic E-state index is 0.226. The first-order chi connectivity index (χ1) is 9.19. The Balaban J connectivity index is 2.87. The zero-order chi connectivity index (χ0) is 15.5. The van der Waals surface area contributed by atoms with Crippen molar-refractivity contribution in [3.05, 3.63) is 28.0 Å². The summed E-state index contributed by atoms with van der Waals surface area (Å²) in [4.78, 5) is 22.9. The topological polar surface area (TPSA) is 78.4 Å². The van der Waals surface area contributed by atoms with E-state index in [1.54, 1.807) is 13.8 Å². The average molecular weight is 347 g/mol. The monoisotopic (exact) mass is 346 g/mol. The summed E-state index contributed by atoms with van der Waals surface area (Å²) in [6.45, 7) is 4.76. The van der Waals surface area contributed by atoms with Gasteiger partial charge in [-0.15, -0.1) is 0 Å². The van der Waals surface area contributed by atoms with Gasteiger partial charge in [0.05, 0.1) is 4.47 Å². The van der Waals surface area contributed by atoms with Crippen molar-refractivity contribution in [2.24, 2.45) is 0 Å². The van der Waals surface area contributed by atoms with Gasteiger partial charge in [0.15, 0.2) is 0 Å². The Hall–Kier alpha value is -1.63. The number of anilines is 1. The molecule has 0 heterocycles. The largest absolute Gasteiger partial charge is 0.480 e. The molecule has 0 saturated heterocycles. The van der Waals surface area contributed by atoms with E-state index in [4.69, 9.17) is 5.11 Å². The molecule has 0 bridgehead atoms. The van der Waals surface area contributed by atoms with E-state index in [0.29, 0.717) is 10.0 Å². The van der Waals surface area contributed by atoms with Gasteiger partial charge >= 0.3 is 12.0 Å². The lowest BCUT2D eigenvalue weighted by atomic mass is 10.00. The summed E-state index contributed by atoms with van der Waals surface area (Å²) < 4.78 is 13.7. The molecular formula is C13H16BrFN2O3. The molecule has 7 heteroatoms. The summed E-state index contributed by atoms with van der Waals surface area (Å²) in [5, 5.41) is 13.9. The number of carboxylic acids is 1. The number of carbonyl (C=O) groups is 2. The summed E-state index contributed by atoms with van der Waals surface area (Å²) >= 11 is 3.04. The number of benzene rings is 1. The molecule has 2 amide bonds. The number of amides is 2. The number of aryl methyl sites for hydroxylation is 1. The van der Waals surface area contributed by atoms with Crippen LogP contribution in [0, 0.1) is 12.7 Å². The van der Waals surface area contributed by atoms with E-state index in [-0.39, 0.29) is 12.1 Å². The normalized spacial score (nSPS) is 13.4. The van der Waals surface area contributed by atoms with Crippen molar-refractivity contribution in [1.82, 2.24) is 5.32 Å². The van der Waals surface area contributed by atoms with Crippen molar-refractivity contribution in [1.29, 1.82) is 0 Å². The fourth-order valence-electron chi connectivity index (χ4n) is 1.48. The number of nitrogens with one attached hydrogen (secondary N) is 2. The van der Waals surface area contributed by atoms with Crippen LogP contribution in [0.1, 0.15) is 25.8 Å². The SMILES string of the molecule is CCC(C)(NC(=O)Nc1cc(F)c(Br)cc1C)C(=O)O. The van der Waals surface area contributed by atoms with Crippen molar-refractivity contribution in [2.75, 3.05) is 5.32 Å². The van der Waals surface area contributed by atoms with Gasteiger partial charge in [-0.3, -0.25) is 0 Å². The summed E-state index contributed by atoms with van der Waals surface area (Å²) in [6, 6.07) is 2.01. The molecule has 110 valence electrons. The summed E-state index contributed by atoms with van der Waals surface area (Å²) in [7, 11) is 0. The molecule has 1 aromatic carbocycles. The van der Waals surface area contributed by atoms with Gasteiger partial charge in [-0.05, 0) is 53.9 Å². The van der Waals surface area contributed by atoms with E-state index in [2.05, 4.69) is 26.6 Å². The number of halogens is 2. The van der Waals surface area contributed by atoms with Crippen LogP contribution in [0.2, 0.25) is 0 Å². The highest BCUT2D eigenvalue weighted by Gasteiger charge is 2.32. The zero-order valence-electron chi connectivity index (χ0n) is 11.4. The molecule has 0 aliphatic rings. The summed E-state index contributed by atoms with van der Waals surface area (Å²) in [5.74, 6) is -1.64. The molecule has 0 spiro atoms. The van der Waals surface area contributed by atoms with Gasteiger partial charge in [0.25, 0.3) is 0 Å². The fraction of sp³-hybridized carbons (Fsp3) is 0.385. The molecule has 3 N–H and O–H groups in total. The summed E-state index contributed by atoms with van der Waals surface area (Å²) in [5.41, 5.74) is -0.430. The van der Waals surface area contributed by atoms with Gasteiger partial charge < -0.3 is 15.7 Å². The standard InChI is InChI=1S/C13H16BrFN2O3/c1-4-13(3,11(18)19)17-12(20)16-10-6-9(15)8(14)5-7(10)2/h5-6H,4H2,1-3H3,(H,18,19)(H2,16,17,20). The number of hydrogen-bond acceptors (Lipinski definition) is 2. The second kappa shape index (κ2) is 6.21. The minimum atomic E-state index is -1.37. The molecule has 5 nitrogen and oxygen atoms in total. The van der Waals surface area contributed by atoms with Crippen LogP contribution in [-0.2, 0) is 4.79 Å². The van der Waals surface area contributed by atoms with Crippen molar-refractivity contribution in [3.63, 3.8) is 0 Å². The van der Waals surface area contributed by atoms with Crippen molar-refractivity contribution >= 4 is 33.6 Å². The maximum atomic E-state index is 13.4. The van der Waals surface area contributed by atoms with Gasteiger partial charge in [0.1, 0.15) is 11.4 Å². The van der Waals surface area contributed by atoms with Crippen molar-refractivity contribution in [2.45, 2.75) is 32.7 Å². The second-order valence-electron chi connectivity index (χ2n) is 4.65. The molecule has 0 radical (unpaired) electrons. The number of aliphatic carboxylic acids is 1. The Labute approximate surface area is 124 Å². The van der Waals surface area contributed by atoms with Crippen LogP contribution in [0.25, 0.3) is 0 Å². The highest BCUT2D eigenvalue weighted by molar-refractivity contribution is 9.10. The molecule has 1 rings (SSSR count). The van der Waals surface area contributed by atoms with E-state index in [1.807, 2.05) is 0 Å². The molecule has 20 heavy (non-hydrogen) atoms. The van der Waals surface area contributed by atoms with Crippen LogP contribution < -0.4 is 10.6 Å². The van der Waals surface area contributed by atoms with Crippen LogP contribution in [0.15, 0.2) is 16.6 Å². The Bertz CT molecular complexity index is 551. The third-order valence-electron chi connectivity index (χ3n) is 3.08. The second-order valence-corrected chi connectivity index (χ2v) is 5.51. The molecule has 1 unspecified atom stereocenters. The molecular weight excluding hydrogens is 331 g/mol. The van der Waals surface area contributed by atoms with Crippen LogP contribution in [0.4, 0.5) is 14.9 Å². The number of carbonyl (C=O) groups excluding carboxylic acids is 1. The van der Waals surface area contributed by atoms with Gasteiger partial charge in [0, 0.05) is 5.69 Å². The van der Waals surface area contributed by atoms with Crippen LogP contribution in [0.3, 0.4) is 0 Å². The fourth-order valence-corrected chi connectivity index (χ4v) is 1.94. The molecule has 0 fully saturated rings. The Kier molecular flexibility index (Phi) is 5.10. The maximum Gasteiger partial charge on any atom is 0.329 e. The highest BCUT2D eigenvalue weighted by atomic mass is 79.9. The maximum absolute atomic E-state index is 13.4. The van der Waals surface area contributed by atoms with Crippen LogP contribution in [0.5, 0.6) is 0 Å². The zero-order valence-corrected chi connectivity index (χ0v) is 13.0. The lowest BCUT2D eigenvalue weighted by Crippen LogP contribution is -2.53. The Morgan fingerprint density at radius 2 is 2.05 bits per heavy atom. The first-order valence-corrected chi connectivity index (χ1v) is 6.77. The molecule has 0 aliphatic heterocycles. The molecule has 1 aromatic rings. The van der Waals surface area contributed by atoms with E-state index in [9.17, 15) is 14.0 Å². The number of rotatable bonds is 4. The molecule has 0 aliphatic carbocycles. The summed E-state index contributed by atoms with van der Waals surface area (Å²) in [6.07, 6.45) is 0.226. The van der Waals surface area contributed by atoms with Gasteiger partial charge in [-0.2, -0.15) is 0 Å². The predicted octanol–water partition coefficient (Wildman–Crippen LogP) is 3.27. The van der Waals surface area contributed by atoms with Gasteiger partial charge in [-0.25, -0.2) is 14.0 Å². The van der Waals surface area contributed by atoms with Crippen molar-refractivity contribution < 1.29 is 19.1 Å². The minimum Gasteiger partial charge on any atom is -0.480 e. The smallest absolute Gasteiger partial charge is 0.329 e. The van der Waals surface area contributed by atoms with Crippen LogP contribution >= 0.6 is 15.9 Å². The number of hydrogen-bond donors (Lipinski definition) is 3. The Morgan fingerprint density at radius 3 is 2.55 bits per heavy atom.